The number of carbonyl (C=O) groups excluding carboxylic acids is 2. The largest absolute Gasteiger partial charge is 0.464 e. The average Bonchev–Trinajstić information content (AvgIpc) is 2.26. The molecule has 0 aromatic rings. The first kappa shape index (κ1) is 15.8. The van der Waals surface area contributed by atoms with Crippen molar-refractivity contribution >= 4 is 12.1 Å². The first-order valence-corrected chi connectivity index (χ1v) is 6.59. The van der Waals surface area contributed by atoms with E-state index in [1.165, 1.54) is 4.90 Å². The lowest BCUT2D eigenvalue weighted by Crippen LogP contribution is -2.58. The highest BCUT2D eigenvalue weighted by atomic mass is 16.6. The lowest BCUT2D eigenvalue weighted by Gasteiger charge is -2.38. The lowest BCUT2D eigenvalue weighted by atomic mass is 10.1. The first-order chi connectivity index (χ1) is 8.74. The van der Waals surface area contributed by atoms with Gasteiger partial charge in [0.1, 0.15) is 11.6 Å². The number of esters is 1. The van der Waals surface area contributed by atoms with Gasteiger partial charge in [-0.25, -0.2) is 9.59 Å². The Morgan fingerprint density at radius 3 is 2.42 bits per heavy atom. The molecular formula is C13H24N2O4. The van der Waals surface area contributed by atoms with Crippen LogP contribution in [0.2, 0.25) is 0 Å². The summed E-state index contributed by atoms with van der Waals surface area (Å²) in [5.41, 5.74) is -0.570. The van der Waals surface area contributed by atoms with Crippen LogP contribution in [0, 0.1) is 0 Å². The van der Waals surface area contributed by atoms with Gasteiger partial charge in [-0.3, -0.25) is 4.90 Å². The number of hydrogen-bond acceptors (Lipinski definition) is 5. The van der Waals surface area contributed by atoms with Gasteiger partial charge in [0.15, 0.2) is 0 Å². The molecule has 0 saturated carbocycles. The fourth-order valence-corrected chi connectivity index (χ4v) is 1.90. The van der Waals surface area contributed by atoms with Crippen molar-refractivity contribution in [3.8, 4) is 0 Å². The minimum Gasteiger partial charge on any atom is -0.464 e. The van der Waals surface area contributed by atoms with E-state index in [-0.39, 0.29) is 5.97 Å². The summed E-state index contributed by atoms with van der Waals surface area (Å²) in [6.07, 6.45) is -0.460. The van der Waals surface area contributed by atoms with E-state index in [2.05, 4.69) is 0 Å². The number of rotatable bonds is 2. The lowest BCUT2D eigenvalue weighted by molar-refractivity contribution is -0.151. The van der Waals surface area contributed by atoms with Gasteiger partial charge in [-0.1, -0.05) is 0 Å². The predicted octanol–water partition coefficient (Wildman–Crippen LogP) is 1.10. The van der Waals surface area contributed by atoms with Crippen molar-refractivity contribution in [3.05, 3.63) is 0 Å². The van der Waals surface area contributed by atoms with E-state index in [0.29, 0.717) is 19.7 Å². The second kappa shape index (κ2) is 6.23. The maximum atomic E-state index is 12.1. The zero-order chi connectivity index (χ0) is 14.6. The molecule has 1 amide bonds. The van der Waals surface area contributed by atoms with Crippen LogP contribution in [0.3, 0.4) is 0 Å². The summed E-state index contributed by atoms with van der Waals surface area (Å²) in [6.45, 7) is 9.13. The molecule has 1 heterocycles. The van der Waals surface area contributed by atoms with Crippen molar-refractivity contribution in [1.82, 2.24) is 9.80 Å². The molecule has 1 atom stereocenters. The van der Waals surface area contributed by atoms with Crippen LogP contribution in [0.5, 0.6) is 0 Å². The van der Waals surface area contributed by atoms with E-state index in [0.717, 1.165) is 6.54 Å². The minimum atomic E-state index is -0.589. The van der Waals surface area contributed by atoms with Crippen LogP contribution in [-0.4, -0.2) is 66.8 Å². The monoisotopic (exact) mass is 272 g/mol. The van der Waals surface area contributed by atoms with Crippen LogP contribution < -0.4 is 0 Å². The summed E-state index contributed by atoms with van der Waals surface area (Å²) in [7, 11) is 1.92. The normalized spacial score (nSPS) is 21.1. The fraction of sp³-hybridized carbons (Fsp3) is 0.846. The number of amides is 1. The Bertz CT molecular complexity index is 338. The summed E-state index contributed by atoms with van der Waals surface area (Å²) in [6, 6.07) is -0.589. The summed E-state index contributed by atoms with van der Waals surface area (Å²) in [4.78, 5) is 27.5. The number of likely N-dealkylation sites (N-methyl/N-ethyl adjacent to an activating group) is 1. The third-order valence-electron chi connectivity index (χ3n) is 2.77. The Morgan fingerprint density at radius 1 is 1.26 bits per heavy atom. The van der Waals surface area contributed by atoms with Gasteiger partial charge in [0.05, 0.1) is 6.61 Å². The van der Waals surface area contributed by atoms with Crippen LogP contribution in [0.15, 0.2) is 0 Å². The van der Waals surface area contributed by atoms with Crippen molar-refractivity contribution in [2.24, 2.45) is 0 Å². The SMILES string of the molecule is CCOC(=O)[C@H]1CN(C)CCN1C(=O)OC(C)(C)C. The van der Waals surface area contributed by atoms with Crippen molar-refractivity contribution in [2.45, 2.75) is 39.3 Å². The Kier molecular flexibility index (Phi) is 5.17. The van der Waals surface area contributed by atoms with Gasteiger partial charge in [0.2, 0.25) is 0 Å². The molecule has 0 N–H and O–H groups in total. The van der Waals surface area contributed by atoms with Gasteiger partial charge in [-0.15, -0.1) is 0 Å². The van der Waals surface area contributed by atoms with Crippen LogP contribution in [0.1, 0.15) is 27.7 Å². The Morgan fingerprint density at radius 2 is 1.89 bits per heavy atom. The van der Waals surface area contributed by atoms with E-state index in [9.17, 15) is 9.59 Å². The standard InChI is InChI=1S/C13H24N2O4/c1-6-18-11(16)10-9-14(5)7-8-15(10)12(17)19-13(2,3)4/h10H,6-9H2,1-5H3/t10-/m1/s1. The fourth-order valence-electron chi connectivity index (χ4n) is 1.90. The molecule has 0 spiro atoms. The van der Waals surface area contributed by atoms with E-state index in [4.69, 9.17) is 9.47 Å². The molecule has 1 fully saturated rings. The van der Waals surface area contributed by atoms with Crippen molar-refractivity contribution < 1.29 is 19.1 Å². The zero-order valence-corrected chi connectivity index (χ0v) is 12.4. The number of hydrogen-bond donors (Lipinski definition) is 0. The molecule has 0 aromatic heterocycles. The molecule has 1 rings (SSSR count). The Balaban J connectivity index is 2.77. The van der Waals surface area contributed by atoms with Crippen LogP contribution in [-0.2, 0) is 14.3 Å². The molecule has 110 valence electrons. The Hall–Kier alpha value is -1.30. The molecule has 0 aromatic carbocycles. The molecule has 1 aliphatic rings. The molecular weight excluding hydrogens is 248 g/mol. The van der Waals surface area contributed by atoms with E-state index < -0.39 is 17.7 Å². The summed E-state index contributed by atoms with van der Waals surface area (Å²) < 4.78 is 10.4. The van der Waals surface area contributed by atoms with Crippen LogP contribution in [0.4, 0.5) is 4.79 Å². The highest BCUT2D eigenvalue weighted by molar-refractivity contribution is 5.82. The van der Waals surface area contributed by atoms with Crippen molar-refractivity contribution in [3.63, 3.8) is 0 Å². The quantitative estimate of drug-likeness (QED) is 0.705. The highest BCUT2D eigenvalue weighted by Gasteiger charge is 2.37. The maximum absolute atomic E-state index is 12.1. The smallest absolute Gasteiger partial charge is 0.411 e. The van der Waals surface area contributed by atoms with E-state index >= 15 is 0 Å². The molecule has 0 aliphatic carbocycles. The van der Waals surface area contributed by atoms with Crippen LogP contribution >= 0.6 is 0 Å². The van der Waals surface area contributed by atoms with E-state index in [1.54, 1.807) is 27.7 Å². The number of nitrogens with zero attached hydrogens (tertiary/aromatic N) is 2. The van der Waals surface area contributed by atoms with Gasteiger partial charge in [0.25, 0.3) is 0 Å². The molecule has 0 radical (unpaired) electrons. The van der Waals surface area contributed by atoms with Gasteiger partial charge >= 0.3 is 12.1 Å². The van der Waals surface area contributed by atoms with E-state index in [1.807, 2.05) is 11.9 Å². The molecule has 0 unspecified atom stereocenters. The van der Waals surface area contributed by atoms with Gasteiger partial charge < -0.3 is 14.4 Å². The second-order valence-corrected chi connectivity index (χ2v) is 5.70. The minimum absolute atomic E-state index is 0.307. The predicted molar refractivity (Wildman–Crippen MR) is 70.9 cm³/mol. The number of piperazine rings is 1. The second-order valence-electron chi connectivity index (χ2n) is 5.70. The molecule has 19 heavy (non-hydrogen) atoms. The van der Waals surface area contributed by atoms with Crippen molar-refractivity contribution in [1.29, 1.82) is 0 Å². The third-order valence-corrected chi connectivity index (χ3v) is 2.77. The first-order valence-electron chi connectivity index (χ1n) is 6.59. The third kappa shape index (κ3) is 4.70. The van der Waals surface area contributed by atoms with Gasteiger partial charge in [0, 0.05) is 19.6 Å². The molecule has 0 bridgehead atoms. The van der Waals surface area contributed by atoms with Gasteiger partial charge in [-0.2, -0.15) is 0 Å². The number of ether oxygens (including phenoxy) is 2. The summed E-state index contributed by atoms with van der Waals surface area (Å²) in [5, 5.41) is 0. The van der Waals surface area contributed by atoms with Crippen LogP contribution in [0.25, 0.3) is 0 Å². The van der Waals surface area contributed by atoms with Gasteiger partial charge in [-0.05, 0) is 34.7 Å². The summed E-state index contributed by atoms with van der Waals surface area (Å²) >= 11 is 0. The zero-order valence-electron chi connectivity index (χ0n) is 12.4. The Labute approximate surface area is 114 Å². The topological polar surface area (TPSA) is 59.1 Å². The summed E-state index contributed by atoms with van der Waals surface area (Å²) in [5.74, 6) is -0.375. The molecule has 1 aliphatic heterocycles. The average molecular weight is 272 g/mol. The maximum Gasteiger partial charge on any atom is 0.411 e. The molecule has 6 heteroatoms. The molecule has 1 saturated heterocycles. The van der Waals surface area contributed by atoms with Crippen molar-refractivity contribution in [2.75, 3.05) is 33.3 Å². The molecule has 6 nitrogen and oxygen atoms in total. The number of carbonyl (C=O) groups is 2. The highest BCUT2D eigenvalue weighted by Crippen LogP contribution is 2.16.